The van der Waals surface area contributed by atoms with E-state index in [2.05, 4.69) is 32.3 Å². The van der Waals surface area contributed by atoms with Crippen molar-refractivity contribution in [3.05, 3.63) is 59.9 Å². The number of carbonyl (C=O) groups is 1. The van der Waals surface area contributed by atoms with E-state index in [1.165, 1.54) is 4.68 Å². The van der Waals surface area contributed by atoms with Crippen molar-refractivity contribution in [3.63, 3.8) is 0 Å². The summed E-state index contributed by atoms with van der Waals surface area (Å²) in [5.41, 5.74) is 9.73. The molecule has 0 saturated heterocycles. The largest absolute Gasteiger partial charge is 0.383 e. The summed E-state index contributed by atoms with van der Waals surface area (Å²) in [6.45, 7) is 2.70. The highest BCUT2D eigenvalue weighted by Crippen LogP contribution is 2.27. The molecule has 0 spiro atoms. The first kappa shape index (κ1) is 19.5. The lowest BCUT2D eigenvalue weighted by Gasteiger charge is -2.04. The van der Waals surface area contributed by atoms with E-state index in [0.717, 1.165) is 24.8 Å². The van der Waals surface area contributed by atoms with Crippen molar-refractivity contribution in [2.45, 2.75) is 26.2 Å². The molecule has 3 N–H and O–H groups in total. The highest BCUT2D eigenvalue weighted by Gasteiger charge is 2.23. The van der Waals surface area contributed by atoms with Gasteiger partial charge >= 0.3 is 0 Å². The second-order valence-electron chi connectivity index (χ2n) is 6.95. The molecule has 3 aromatic heterocycles. The fourth-order valence-electron chi connectivity index (χ4n) is 3.23. The molecular formula is C22H23N7O. The third-order valence-corrected chi connectivity index (χ3v) is 4.77. The van der Waals surface area contributed by atoms with Gasteiger partial charge in [0.15, 0.2) is 5.65 Å². The van der Waals surface area contributed by atoms with E-state index in [1.807, 2.05) is 36.4 Å². The number of amides is 1. The molecule has 0 atom stereocenters. The van der Waals surface area contributed by atoms with Crippen molar-refractivity contribution >= 4 is 40.1 Å². The predicted molar refractivity (Wildman–Crippen MR) is 119 cm³/mol. The maximum atomic E-state index is 12.9. The van der Waals surface area contributed by atoms with Crippen LogP contribution in [0.5, 0.6) is 0 Å². The molecule has 8 nitrogen and oxygen atoms in total. The van der Waals surface area contributed by atoms with Crippen LogP contribution in [0.4, 0.5) is 5.82 Å². The fraction of sp³-hybridized carbons (Fsp3) is 0.227. The minimum absolute atomic E-state index is 0.202. The first-order valence-corrected chi connectivity index (χ1v) is 9.98. The molecule has 0 saturated carbocycles. The Bertz CT molecular complexity index is 1210. The minimum Gasteiger partial charge on any atom is -0.383 e. The lowest BCUT2D eigenvalue weighted by Crippen LogP contribution is -2.25. The summed E-state index contributed by atoms with van der Waals surface area (Å²) in [5.74, 6) is -0.0676. The number of rotatable bonds is 7. The van der Waals surface area contributed by atoms with Crippen molar-refractivity contribution in [2.24, 2.45) is 5.10 Å². The second kappa shape index (κ2) is 8.69. The standard InChI is InChI=1S/C22H23N7O/c1-2-3-6-12-25-22(30)18-19-21(28-17-10-5-4-9-16(17)27-19)29(20(18)23)26-14-15-8-7-11-24-13-15/h4-5,7-11,13-14H,2-3,6,12,23H2,1H3,(H,25,30). The number of unbranched alkanes of at least 4 members (excludes halogenated alkanes) is 2. The Morgan fingerprint density at radius 2 is 1.97 bits per heavy atom. The van der Waals surface area contributed by atoms with Gasteiger partial charge in [0.2, 0.25) is 0 Å². The van der Waals surface area contributed by atoms with Crippen molar-refractivity contribution < 1.29 is 4.79 Å². The van der Waals surface area contributed by atoms with Gasteiger partial charge in [0.25, 0.3) is 5.91 Å². The zero-order chi connectivity index (χ0) is 20.9. The summed E-state index contributed by atoms with van der Waals surface area (Å²) in [7, 11) is 0. The number of carbonyl (C=O) groups excluding carboxylic acids is 1. The number of pyridine rings is 1. The summed E-state index contributed by atoms with van der Waals surface area (Å²) in [6.07, 6.45) is 8.05. The Labute approximate surface area is 173 Å². The molecular weight excluding hydrogens is 378 g/mol. The van der Waals surface area contributed by atoms with Crippen LogP contribution in [0, 0.1) is 0 Å². The van der Waals surface area contributed by atoms with Gasteiger partial charge in [-0.2, -0.15) is 9.78 Å². The summed E-state index contributed by atoms with van der Waals surface area (Å²) >= 11 is 0. The van der Waals surface area contributed by atoms with Gasteiger partial charge in [-0.1, -0.05) is 38.0 Å². The molecule has 0 aliphatic carbocycles. The fourth-order valence-corrected chi connectivity index (χ4v) is 3.23. The molecule has 3 heterocycles. The molecule has 8 heteroatoms. The first-order valence-electron chi connectivity index (χ1n) is 9.98. The molecule has 0 aliphatic heterocycles. The average Bonchev–Trinajstić information content (AvgIpc) is 3.04. The van der Waals surface area contributed by atoms with E-state index in [4.69, 9.17) is 5.73 Å². The highest BCUT2D eigenvalue weighted by molar-refractivity contribution is 6.10. The number of para-hydroxylation sites is 2. The summed E-state index contributed by atoms with van der Waals surface area (Å²) < 4.78 is 1.46. The molecule has 1 amide bonds. The Kier molecular flexibility index (Phi) is 5.65. The van der Waals surface area contributed by atoms with Crippen LogP contribution in [0.2, 0.25) is 0 Å². The van der Waals surface area contributed by atoms with E-state index in [-0.39, 0.29) is 11.7 Å². The number of fused-ring (bicyclic) bond motifs is 2. The average molecular weight is 401 g/mol. The number of nitrogens with zero attached hydrogens (tertiary/aromatic N) is 5. The maximum absolute atomic E-state index is 12.9. The van der Waals surface area contributed by atoms with Gasteiger partial charge in [-0.05, 0) is 24.6 Å². The quantitative estimate of drug-likeness (QED) is 0.364. The molecule has 30 heavy (non-hydrogen) atoms. The van der Waals surface area contributed by atoms with Crippen LogP contribution in [0.1, 0.15) is 42.1 Å². The third-order valence-electron chi connectivity index (χ3n) is 4.77. The zero-order valence-corrected chi connectivity index (χ0v) is 16.7. The van der Waals surface area contributed by atoms with Gasteiger partial charge in [0.1, 0.15) is 16.9 Å². The zero-order valence-electron chi connectivity index (χ0n) is 16.7. The van der Waals surface area contributed by atoms with Crippen molar-refractivity contribution in [3.8, 4) is 0 Å². The van der Waals surface area contributed by atoms with Crippen molar-refractivity contribution in [1.29, 1.82) is 0 Å². The predicted octanol–water partition coefficient (Wildman–Crippen LogP) is 3.36. The summed E-state index contributed by atoms with van der Waals surface area (Å²) in [5, 5.41) is 7.41. The molecule has 1 aromatic carbocycles. The van der Waals surface area contributed by atoms with Crippen molar-refractivity contribution in [1.82, 2.24) is 24.9 Å². The van der Waals surface area contributed by atoms with Gasteiger partial charge in [0, 0.05) is 24.5 Å². The SMILES string of the molecule is CCCCCNC(=O)c1c(N)n(N=Cc2cccnc2)c2nc3ccccc3nc12. The van der Waals surface area contributed by atoms with Crippen LogP contribution >= 0.6 is 0 Å². The van der Waals surface area contributed by atoms with Gasteiger partial charge in [0.05, 0.1) is 17.2 Å². The summed E-state index contributed by atoms with van der Waals surface area (Å²) in [6, 6.07) is 11.2. The molecule has 0 aliphatic rings. The van der Waals surface area contributed by atoms with E-state index in [1.54, 1.807) is 18.6 Å². The Morgan fingerprint density at radius 3 is 2.70 bits per heavy atom. The molecule has 0 unspecified atom stereocenters. The van der Waals surface area contributed by atoms with Crippen molar-refractivity contribution in [2.75, 3.05) is 12.3 Å². The van der Waals surface area contributed by atoms with Gasteiger partial charge in [-0.3, -0.25) is 9.78 Å². The van der Waals surface area contributed by atoms with E-state index in [0.29, 0.717) is 34.3 Å². The van der Waals surface area contributed by atoms with Crippen LogP contribution in [-0.4, -0.2) is 38.3 Å². The number of nitrogens with one attached hydrogen (secondary N) is 1. The van der Waals surface area contributed by atoms with Crippen LogP contribution in [-0.2, 0) is 0 Å². The molecule has 4 rings (SSSR count). The van der Waals surface area contributed by atoms with Crippen LogP contribution < -0.4 is 11.1 Å². The molecule has 152 valence electrons. The molecule has 0 radical (unpaired) electrons. The summed E-state index contributed by atoms with van der Waals surface area (Å²) in [4.78, 5) is 26.4. The second-order valence-corrected chi connectivity index (χ2v) is 6.95. The number of nitrogens with two attached hydrogens (primary N) is 1. The Hall–Kier alpha value is -3.81. The topological polar surface area (TPSA) is 111 Å². The number of anilines is 1. The normalized spacial score (nSPS) is 11.5. The van der Waals surface area contributed by atoms with Gasteiger partial charge < -0.3 is 11.1 Å². The van der Waals surface area contributed by atoms with Crippen LogP contribution in [0.15, 0.2) is 53.9 Å². The Balaban J connectivity index is 1.81. The number of benzene rings is 1. The smallest absolute Gasteiger partial charge is 0.257 e. The lowest BCUT2D eigenvalue weighted by molar-refractivity contribution is 0.0955. The monoisotopic (exact) mass is 401 g/mol. The number of aromatic nitrogens is 4. The van der Waals surface area contributed by atoms with Crippen LogP contribution in [0.25, 0.3) is 22.2 Å². The third kappa shape index (κ3) is 3.84. The molecule has 4 aromatic rings. The van der Waals surface area contributed by atoms with E-state index in [9.17, 15) is 4.79 Å². The van der Waals surface area contributed by atoms with Gasteiger partial charge in [-0.25, -0.2) is 9.97 Å². The molecule has 0 fully saturated rings. The highest BCUT2D eigenvalue weighted by atomic mass is 16.1. The van der Waals surface area contributed by atoms with E-state index < -0.39 is 0 Å². The molecule has 0 bridgehead atoms. The van der Waals surface area contributed by atoms with E-state index >= 15 is 0 Å². The Morgan fingerprint density at radius 1 is 1.17 bits per heavy atom. The number of hydrogen-bond acceptors (Lipinski definition) is 6. The lowest BCUT2D eigenvalue weighted by atomic mass is 10.2. The van der Waals surface area contributed by atoms with Gasteiger partial charge in [-0.15, -0.1) is 0 Å². The minimum atomic E-state index is -0.270. The van der Waals surface area contributed by atoms with Crippen LogP contribution in [0.3, 0.4) is 0 Å². The first-order chi connectivity index (χ1) is 14.7. The number of hydrogen-bond donors (Lipinski definition) is 2. The number of nitrogen functional groups attached to an aromatic ring is 1. The maximum Gasteiger partial charge on any atom is 0.257 e.